The monoisotopic (exact) mass is 293 g/mol. The van der Waals surface area contributed by atoms with Crippen LogP contribution in [0.2, 0.25) is 0 Å². The third-order valence-corrected chi connectivity index (χ3v) is 3.23. The van der Waals surface area contributed by atoms with Gasteiger partial charge in [0.05, 0.1) is 23.6 Å². The number of rotatable bonds is 5. The maximum atomic E-state index is 13.3. The Bertz CT molecular complexity index is 587. The molecule has 0 atom stereocenters. The van der Waals surface area contributed by atoms with E-state index in [0.29, 0.717) is 12.1 Å². The average molecular weight is 293 g/mol. The molecule has 0 saturated carbocycles. The fourth-order valence-corrected chi connectivity index (χ4v) is 1.92. The molecule has 5 nitrogen and oxygen atoms in total. The Labute approximate surface area is 109 Å². The Morgan fingerprint density at radius 1 is 1.32 bits per heavy atom. The molecule has 1 aromatic carbocycles. The van der Waals surface area contributed by atoms with Gasteiger partial charge in [-0.15, -0.1) is 0 Å². The largest absolute Gasteiger partial charge is 0.462 e. The zero-order valence-corrected chi connectivity index (χ0v) is 11.0. The molecule has 0 spiro atoms. The summed E-state index contributed by atoms with van der Waals surface area (Å²) < 4.78 is 52.7. The summed E-state index contributed by atoms with van der Waals surface area (Å²) in [6.45, 7) is -0.197. The van der Waals surface area contributed by atoms with Crippen molar-refractivity contribution in [2.75, 3.05) is 24.3 Å². The van der Waals surface area contributed by atoms with E-state index < -0.39 is 38.7 Å². The molecule has 0 heterocycles. The van der Waals surface area contributed by atoms with Gasteiger partial charge < -0.3 is 10.5 Å². The summed E-state index contributed by atoms with van der Waals surface area (Å²) in [6.07, 6.45) is 1.13. The number of hydrogen-bond acceptors (Lipinski definition) is 5. The van der Waals surface area contributed by atoms with Crippen LogP contribution in [0.5, 0.6) is 0 Å². The first-order chi connectivity index (χ1) is 8.70. The number of anilines is 1. The van der Waals surface area contributed by atoms with Gasteiger partial charge in [0.25, 0.3) is 0 Å². The van der Waals surface area contributed by atoms with Crippen LogP contribution in [0.1, 0.15) is 16.8 Å². The summed E-state index contributed by atoms with van der Waals surface area (Å²) in [5, 5.41) is 0. The first kappa shape index (κ1) is 15.4. The van der Waals surface area contributed by atoms with Crippen molar-refractivity contribution in [3.63, 3.8) is 0 Å². The molecule has 0 bridgehead atoms. The standard InChI is InChI=1S/C11H13F2NO4S/c1-19(16,17)4-2-3-18-11(15)7-5-9(13)10(14)6-8(7)12/h5-6H,2-4,14H2,1H3. The van der Waals surface area contributed by atoms with Gasteiger partial charge in [-0.2, -0.15) is 0 Å². The Morgan fingerprint density at radius 3 is 2.53 bits per heavy atom. The maximum Gasteiger partial charge on any atom is 0.341 e. The lowest BCUT2D eigenvalue weighted by Crippen LogP contribution is -2.12. The summed E-state index contributed by atoms with van der Waals surface area (Å²) in [4.78, 5) is 11.4. The third kappa shape index (κ3) is 4.82. The highest BCUT2D eigenvalue weighted by Crippen LogP contribution is 2.17. The van der Waals surface area contributed by atoms with Crippen LogP contribution in [0.4, 0.5) is 14.5 Å². The van der Waals surface area contributed by atoms with E-state index in [-0.39, 0.29) is 18.8 Å². The molecule has 0 amide bonds. The van der Waals surface area contributed by atoms with Crippen molar-refractivity contribution in [3.8, 4) is 0 Å². The number of nitrogens with two attached hydrogens (primary N) is 1. The Hall–Kier alpha value is -1.70. The number of ether oxygens (including phenoxy) is 1. The number of hydrogen-bond donors (Lipinski definition) is 1. The van der Waals surface area contributed by atoms with Crippen LogP contribution in [0.3, 0.4) is 0 Å². The lowest BCUT2D eigenvalue weighted by molar-refractivity contribution is 0.0500. The Balaban J connectivity index is 2.62. The summed E-state index contributed by atoms with van der Waals surface area (Å²) >= 11 is 0. The van der Waals surface area contributed by atoms with E-state index in [2.05, 4.69) is 4.74 Å². The first-order valence-corrected chi connectivity index (χ1v) is 7.36. The second-order valence-corrected chi connectivity index (χ2v) is 6.23. The molecular weight excluding hydrogens is 280 g/mol. The number of sulfone groups is 1. The highest BCUT2D eigenvalue weighted by atomic mass is 32.2. The van der Waals surface area contributed by atoms with Gasteiger partial charge in [0.2, 0.25) is 0 Å². The molecule has 0 saturated heterocycles. The minimum absolute atomic E-state index is 0.0870. The fourth-order valence-electron chi connectivity index (χ4n) is 1.28. The molecule has 1 rings (SSSR count). The zero-order chi connectivity index (χ0) is 14.6. The number of halogens is 2. The molecule has 106 valence electrons. The normalized spacial score (nSPS) is 11.3. The van der Waals surface area contributed by atoms with Gasteiger partial charge in [-0.05, 0) is 12.5 Å². The van der Waals surface area contributed by atoms with Gasteiger partial charge in [-0.25, -0.2) is 22.0 Å². The van der Waals surface area contributed by atoms with E-state index in [1.807, 2.05) is 0 Å². The van der Waals surface area contributed by atoms with Gasteiger partial charge in [0.15, 0.2) is 0 Å². The fraction of sp³-hybridized carbons (Fsp3) is 0.364. The lowest BCUT2D eigenvalue weighted by Gasteiger charge is -2.06. The van der Waals surface area contributed by atoms with Gasteiger partial charge in [0.1, 0.15) is 21.5 Å². The molecule has 0 radical (unpaired) electrons. The second kappa shape index (κ2) is 5.96. The summed E-state index contributed by atoms with van der Waals surface area (Å²) in [5.41, 5.74) is 4.14. The molecule has 0 aliphatic carbocycles. The van der Waals surface area contributed by atoms with E-state index in [1.54, 1.807) is 0 Å². The van der Waals surface area contributed by atoms with Gasteiger partial charge in [-0.1, -0.05) is 0 Å². The van der Waals surface area contributed by atoms with E-state index in [1.165, 1.54) is 0 Å². The minimum Gasteiger partial charge on any atom is -0.462 e. The quantitative estimate of drug-likeness (QED) is 0.500. The molecule has 0 aromatic heterocycles. The predicted molar refractivity (Wildman–Crippen MR) is 65.4 cm³/mol. The van der Waals surface area contributed by atoms with E-state index in [9.17, 15) is 22.0 Å². The van der Waals surface area contributed by atoms with Crippen molar-refractivity contribution in [3.05, 3.63) is 29.3 Å². The molecule has 19 heavy (non-hydrogen) atoms. The smallest absolute Gasteiger partial charge is 0.341 e. The van der Waals surface area contributed by atoms with Crippen molar-refractivity contribution < 1.29 is 26.7 Å². The van der Waals surface area contributed by atoms with Crippen molar-refractivity contribution in [2.24, 2.45) is 0 Å². The van der Waals surface area contributed by atoms with Crippen molar-refractivity contribution >= 4 is 21.5 Å². The van der Waals surface area contributed by atoms with E-state index in [4.69, 9.17) is 5.73 Å². The van der Waals surface area contributed by atoms with Crippen LogP contribution in [-0.4, -0.2) is 33.0 Å². The summed E-state index contributed by atoms with van der Waals surface area (Å²) in [7, 11) is -3.15. The van der Waals surface area contributed by atoms with Gasteiger partial charge in [-0.3, -0.25) is 0 Å². The molecular formula is C11H13F2NO4S. The number of benzene rings is 1. The number of nitrogen functional groups attached to an aromatic ring is 1. The number of esters is 1. The van der Waals surface area contributed by atoms with E-state index in [0.717, 1.165) is 6.26 Å². The summed E-state index contributed by atoms with van der Waals surface area (Å²) in [6, 6.07) is 1.33. The second-order valence-electron chi connectivity index (χ2n) is 3.97. The minimum atomic E-state index is -3.15. The average Bonchev–Trinajstić information content (AvgIpc) is 2.28. The highest BCUT2D eigenvalue weighted by molar-refractivity contribution is 7.90. The maximum absolute atomic E-state index is 13.3. The molecule has 0 unspecified atom stereocenters. The molecule has 2 N–H and O–H groups in total. The Morgan fingerprint density at radius 2 is 1.95 bits per heavy atom. The van der Waals surface area contributed by atoms with Crippen LogP contribution in [0, 0.1) is 11.6 Å². The van der Waals surface area contributed by atoms with Gasteiger partial charge in [0, 0.05) is 12.3 Å². The molecule has 0 fully saturated rings. The predicted octanol–water partition coefficient (Wildman–Crippen LogP) is 1.14. The van der Waals surface area contributed by atoms with Crippen molar-refractivity contribution in [2.45, 2.75) is 6.42 Å². The first-order valence-electron chi connectivity index (χ1n) is 5.30. The van der Waals surface area contributed by atoms with Crippen LogP contribution in [0.15, 0.2) is 12.1 Å². The van der Waals surface area contributed by atoms with Crippen LogP contribution in [-0.2, 0) is 14.6 Å². The Kier molecular flexibility index (Phi) is 4.82. The van der Waals surface area contributed by atoms with Gasteiger partial charge >= 0.3 is 5.97 Å². The topological polar surface area (TPSA) is 86.5 Å². The SMILES string of the molecule is CS(=O)(=O)CCCOC(=O)c1cc(F)c(N)cc1F. The van der Waals surface area contributed by atoms with Crippen LogP contribution < -0.4 is 5.73 Å². The lowest BCUT2D eigenvalue weighted by atomic mass is 10.2. The molecule has 0 aliphatic heterocycles. The zero-order valence-electron chi connectivity index (χ0n) is 10.2. The molecule has 8 heteroatoms. The van der Waals surface area contributed by atoms with E-state index >= 15 is 0 Å². The number of carbonyl (C=O) groups excluding carboxylic acids is 1. The van der Waals surface area contributed by atoms with Crippen molar-refractivity contribution in [1.29, 1.82) is 0 Å². The molecule has 1 aromatic rings. The highest BCUT2D eigenvalue weighted by Gasteiger charge is 2.16. The van der Waals surface area contributed by atoms with Crippen molar-refractivity contribution in [1.82, 2.24) is 0 Å². The third-order valence-electron chi connectivity index (χ3n) is 2.20. The molecule has 0 aliphatic rings. The van der Waals surface area contributed by atoms with Crippen LogP contribution in [0.25, 0.3) is 0 Å². The van der Waals surface area contributed by atoms with Crippen LogP contribution >= 0.6 is 0 Å². The number of carbonyl (C=O) groups is 1. The summed E-state index contributed by atoms with van der Waals surface area (Å²) in [5.74, 6) is -3.14.